The molecule has 0 aliphatic carbocycles. The number of rotatable bonds is 1. The van der Waals surface area contributed by atoms with Crippen LogP contribution < -0.4 is 0 Å². The minimum atomic E-state index is 0.418. The van der Waals surface area contributed by atoms with Crippen LogP contribution in [0, 0.1) is 16.7 Å². The molecule has 0 spiro atoms. The van der Waals surface area contributed by atoms with E-state index in [0.29, 0.717) is 10.8 Å². The first-order valence-corrected chi connectivity index (χ1v) is 5.19. The molecule has 0 bridgehead atoms. The zero-order valence-electron chi connectivity index (χ0n) is 10.6. The third kappa shape index (κ3) is 3.60. The molecule has 0 heterocycles. The van der Waals surface area contributed by atoms with E-state index in [2.05, 4.69) is 48.5 Å². The quantitative estimate of drug-likeness (QED) is 0.536. The summed E-state index contributed by atoms with van der Waals surface area (Å²) in [5.74, 6) is 0.757. The van der Waals surface area contributed by atoms with Crippen molar-refractivity contribution >= 4 is 0 Å². The van der Waals surface area contributed by atoms with Gasteiger partial charge in [-0.3, -0.25) is 0 Å². The average molecular weight is 172 g/mol. The van der Waals surface area contributed by atoms with Crippen molar-refractivity contribution in [1.29, 1.82) is 0 Å². The van der Waals surface area contributed by atoms with E-state index in [9.17, 15) is 0 Å². The molecule has 0 amide bonds. The Bertz CT molecular complexity index is 102. The Morgan fingerprint density at radius 3 is 1.00 bits per heavy atom. The van der Waals surface area contributed by atoms with Crippen molar-refractivity contribution in [2.24, 2.45) is 16.7 Å². The van der Waals surface area contributed by atoms with Crippen LogP contribution in [0.3, 0.4) is 0 Å². The highest BCUT2D eigenvalue weighted by molar-refractivity contribution is 4.84. The summed E-state index contributed by atoms with van der Waals surface area (Å²) in [7, 11) is 0. The van der Waals surface area contributed by atoms with Crippen LogP contribution in [0.25, 0.3) is 0 Å². The lowest BCUT2D eigenvalue weighted by Crippen LogP contribution is -2.34. The minimum absolute atomic E-state index is 0.418. The zero-order chi connectivity index (χ0) is 10.6. The largest absolute Gasteiger partial charge is 0.0683 e. The van der Waals surface area contributed by atoms with Gasteiger partial charge in [-0.25, -0.2) is 0 Å². The highest BCUT2D eigenvalue weighted by Gasteiger charge is 2.35. The second-order valence-corrected chi connectivity index (χ2v) is 5.13. The molecule has 0 radical (unpaired) electrons. The molecule has 0 saturated carbocycles. The molecule has 0 aromatic rings. The molecule has 0 heteroatoms. The number of hydrogen-bond acceptors (Lipinski definition) is 0. The molecule has 0 rings (SSSR count). The van der Waals surface area contributed by atoms with E-state index >= 15 is 0 Å². The van der Waals surface area contributed by atoms with E-state index in [1.54, 1.807) is 0 Å². The van der Waals surface area contributed by atoms with Gasteiger partial charge in [0, 0.05) is 0 Å². The third-order valence-electron chi connectivity index (χ3n) is 3.38. The van der Waals surface area contributed by atoms with Gasteiger partial charge in [0.1, 0.15) is 0 Å². The standard InChI is InChI=1S/C10H22.C2H6/c1-8(2)10(6,7)9(3,4)5;1-2/h8H,1-7H3;1-2H3. The molecule has 12 heavy (non-hydrogen) atoms. The first kappa shape index (κ1) is 14.5. The van der Waals surface area contributed by atoms with Crippen molar-refractivity contribution < 1.29 is 0 Å². The molecular formula is C12H28. The first-order valence-electron chi connectivity index (χ1n) is 5.19. The van der Waals surface area contributed by atoms with Gasteiger partial charge in [0.25, 0.3) is 0 Å². The average Bonchev–Trinajstić information content (AvgIpc) is 1.89. The van der Waals surface area contributed by atoms with E-state index in [-0.39, 0.29) is 0 Å². The maximum Gasteiger partial charge on any atom is -0.0283 e. The van der Waals surface area contributed by atoms with E-state index < -0.39 is 0 Å². The van der Waals surface area contributed by atoms with Gasteiger partial charge in [0.2, 0.25) is 0 Å². The van der Waals surface area contributed by atoms with E-state index in [0.717, 1.165) is 5.92 Å². The Morgan fingerprint density at radius 2 is 1.00 bits per heavy atom. The Balaban J connectivity index is 0. The van der Waals surface area contributed by atoms with Gasteiger partial charge < -0.3 is 0 Å². The molecule has 0 fully saturated rings. The van der Waals surface area contributed by atoms with Crippen LogP contribution >= 0.6 is 0 Å². The lowest BCUT2D eigenvalue weighted by molar-refractivity contribution is 0.0737. The van der Waals surface area contributed by atoms with Gasteiger partial charge in [-0.2, -0.15) is 0 Å². The maximum atomic E-state index is 2.34. The Kier molecular flexibility index (Phi) is 5.92. The molecule has 0 aromatic heterocycles. The van der Waals surface area contributed by atoms with Gasteiger partial charge >= 0.3 is 0 Å². The van der Waals surface area contributed by atoms with Gasteiger partial charge in [-0.1, -0.05) is 62.3 Å². The molecule has 0 saturated heterocycles. The van der Waals surface area contributed by atoms with E-state index in [4.69, 9.17) is 0 Å². The van der Waals surface area contributed by atoms with Gasteiger partial charge in [0.05, 0.1) is 0 Å². The maximum absolute atomic E-state index is 2.34. The molecule has 0 atom stereocenters. The lowest BCUT2D eigenvalue weighted by atomic mass is 9.63. The van der Waals surface area contributed by atoms with Crippen molar-refractivity contribution in [2.75, 3.05) is 0 Å². The summed E-state index contributed by atoms with van der Waals surface area (Å²) < 4.78 is 0. The van der Waals surface area contributed by atoms with Crippen molar-refractivity contribution in [3.05, 3.63) is 0 Å². The summed E-state index contributed by atoms with van der Waals surface area (Å²) in [6.45, 7) is 20.2. The van der Waals surface area contributed by atoms with Crippen LogP contribution in [-0.2, 0) is 0 Å². The monoisotopic (exact) mass is 172 g/mol. The summed E-state index contributed by atoms with van der Waals surface area (Å²) >= 11 is 0. The van der Waals surface area contributed by atoms with E-state index in [1.165, 1.54) is 0 Å². The SMILES string of the molecule is CC.CC(C)C(C)(C)C(C)(C)C. The molecule has 76 valence electrons. The zero-order valence-corrected chi connectivity index (χ0v) is 10.6. The van der Waals surface area contributed by atoms with Crippen molar-refractivity contribution in [3.63, 3.8) is 0 Å². The van der Waals surface area contributed by atoms with Crippen LogP contribution in [0.4, 0.5) is 0 Å². The normalized spacial score (nSPS) is 12.5. The molecule has 0 nitrogen and oxygen atoms in total. The third-order valence-corrected chi connectivity index (χ3v) is 3.38. The lowest BCUT2D eigenvalue weighted by Gasteiger charge is -2.42. The fourth-order valence-corrected chi connectivity index (χ4v) is 0.866. The van der Waals surface area contributed by atoms with Crippen LogP contribution in [0.5, 0.6) is 0 Å². The van der Waals surface area contributed by atoms with Gasteiger partial charge in [0.15, 0.2) is 0 Å². The summed E-state index contributed by atoms with van der Waals surface area (Å²) in [5.41, 5.74) is 0.855. The van der Waals surface area contributed by atoms with Crippen molar-refractivity contribution in [1.82, 2.24) is 0 Å². The first-order chi connectivity index (χ1) is 5.19. The minimum Gasteiger partial charge on any atom is -0.0683 e. The molecule has 0 unspecified atom stereocenters. The second kappa shape index (κ2) is 4.89. The molecule has 0 aliphatic rings. The summed E-state index contributed by atoms with van der Waals surface area (Å²) in [6, 6.07) is 0. The van der Waals surface area contributed by atoms with Gasteiger partial charge in [-0.15, -0.1) is 0 Å². The van der Waals surface area contributed by atoms with Crippen LogP contribution in [0.2, 0.25) is 0 Å². The fraction of sp³-hybridized carbons (Fsp3) is 1.00. The van der Waals surface area contributed by atoms with Crippen molar-refractivity contribution in [2.45, 2.75) is 62.3 Å². The predicted molar refractivity (Wildman–Crippen MR) is 59.4 cm³/mol. The summed E-state index contributed by atoms with van der Waals surface area (Å²) in [6.07, 6.45) is 0. The highest BCUT2D eigenvalue weighted by Crippen LogP contribution is 2.43. The van der Waals surface area contributed by atoms with Crippen LogP contribution in [0.15, 0.2) is 0 Å². The highest BCUT2D eigenvalue weighted by atomic mass is 14.4. The van der Waals surface area contributed by atoms with Gasteiger partial charge in [-0.05, 0) is 16.7 Å². The molecule has 0 N–H and O–H groups in total. The van der Waals surface area contributed by atoms with Crippen LogP contribution in [-0.4, -0.2) is 0 Å². The van der Waals surface area contributed by atoms with E-state index in [1.807, 2.05) is 13.8 Å². The smallest absolute Gasteiger partial charge is 0.0283 e. The predicted octanol–water partition coefficient (Wildman–Crippen LogP) is 4.74. The Hall–Kier alpha value is 0. The Morgan fingerprint density at radius 1 is 0.750 bits per heavy atom. The number of hydrogen-bond donors (Lipinski definition) is 0. The summed E-state index contributed by atoms with van der Waals surface area (Å²) in [4.78, 5) is 0. The second-order valence-electron chi connectivity index (χ2n) is 5.13. The Labute approximate surface area is 79.8 Å². The fourth-order valence-electron chi connectivity index (χ4n) is 0.866. The molecule has 0 aromatic carbocycles. The molecular weight excluding hydrogens is 144 g/mol. The molecule has 0 aliphatic heterocycles. The topological polar surface area (TPSA) is 0 Å². The summed E-state index contributed by atoms with van der Waals surface area (Å²) in [5, 5.41) is 0. The van der Waals surface area contributed by atoms with Crippen molar-refractivity contribution in [3.8, 4) is 0 Å². The van der Waals surface area contributed by atoms with Crippen LogP contribution in [0.1, 0.15) is 62.3 Å².